The summed E-state index contributed by atoms with van der Waals surface area (Å²) in [7, 11) is -4.69. The first-order chi connectivity index (χ1) is 12.9. The van der Waals surface area contributed by atoms with E-state index in [1.807, 2.05) is 0 Å². The Kier molecular flexibility index (Phi) is 16.6. The summed E-state index contributed by atoms with van der Waals surface area (Å²) in [4.78, 5) is 12.0. The number of carbonyl (C=O) groups is 1. The van der Waals surface area contributed by atoms with Gasteiger partial charge in [0.05, 0.1) is 6.26 Å². The summed E-state index contributed by atoms with van der Waals surface area (Å²) in [5.41, 5.74) is 0. The van der Waals surface area contributed by atoms with Crippen LogP contribution in [0.3, 0.4) is 0 Å². The first-order valence-corrected chi connectivity index (χ1v) is 11.8. The lowest BCUT2D eigenvalue weighted by molar-refractivity contribution is -0.146. The second-order valence-electron chi connectivity index (χ2n) is 6.93. The van der Waals surface area contributed by atoms with E-state index in [0.717, 1.165) is 38.5 Å². The lowest BCUT2D eigenvalue weighted by Gasteiger charge is -2.12. The molecule has 0 aromatic rings. The molecule has 0 fully saturated rings. The lowest BCUT2D eigenvalue weighted by atomic mass is 10.1. The molecule has 0 aliphatic rings. The van der Waals surface area contributed by atoms with E-state index < -0.39 is 22.5 Å². The number of esters is 1. The normalized spacial score (nSPS) is 13.1. The Hall–Kier alpha value is -0.920. The van der Waals surface area contributed by atoms with Crippen molar-refractivity contribution in [2.45, 2.75) is 110 Å². The monoisotopic (exact) mass is 406 g/mol. The lowest BCUT2D eigenvalue weighted by Crippen LogP contribution is -2.28. The van der Waals surface area contributed by atoms with Gasteiger partial charge < -0.3 is 4.74 Å². The molecule has 27 heavy (non-hydrogen) atoms. The number of allylic oxidation sites excluding steroid dienone is 1. The molecule has 0 radical (unpaired) electrons. The summed E-state index contributed by atoms with van der Waals surface area (Å²) in [6, 6.07) is 0. The SMILES string of the molecule is CCCCCCCCCCC=COC(=O)C(CCCCCC)OS(=O)(=O)O. The van der Waals surface area contributed by atoms with Crippen LogP contribution in [0.1, 0.15) is 104 Å². The molecule has 0 heterocycles. The van der Waals surface area contributed by atoms with Crippen molar-refractivity contribution in [2.75, 3.05) is 0 Å². The smallest absolute Gasteiger partial charge is 0.398 e. The number of ether oxygens (including phenoxy) is 1. The van der Waals surface area contributed by atoms with Crippen molar-refractivity contribution in [3.8, 4) is 0 Å². The first-order valence-electron chi connectivity index (χ1n) is 10.4. The average Bonchev–Trinajstić information content (AvgIpc) is 2.61. The first kappa shape index (κ1) is 26.1. The van der Waals surface area contributed by atoms with Crippen molar-refractivity contribution in [1.82, 2.24) is 0 Å². The molecule has 0 aliphatic heterocycles. The van der Waals surface area contributed by atoms with E-state index in [1.54, 1.807) is 6.08 Å². The zero-order valence-electron chi connectivity index (χ0n) is 17.0. The predicted octanol–water partition coefficient (Wildman–Crippen LogP) is 5.73. The predicted molar refractivity (Wildman–Crippen MR) is 108 cm³/mol. The molecule has 0 rings (SSSR count). The van der Waals surface area contributed by atoms with Crippen molar-refractivity contribution in [3.63, 3.8) is 0 Å². The van der Waals surface area contributed by atoms with Crippen LogP contribution >= 0.6 is 0 Å². The zero-order chi connectivity index (χ0) is 20.4. The van der Waals surface area contributed by atoms with Crippen LogP contribution in [-0.4, -0.2) is 25.0 Å². The number of rotatable bonds is 18. The summed E-state index contributed by atoms with van der Waals surface area (Å²) in [5, 5.41) is 0. The van der Waals surface area contributed by atoms with E-state index in [9.17, 15) is 13.2 Å². The average molecular weight is 407 g/mol. The second-order valence-corrected chi connectivity index (χ2v) is 7.98. The quantitative estimate of drug-likeness (QED) is 0.135. The molecule has 1 atom stereocenters. The van der Waals surface area contributed by atoms with Crippen LogP contribution < -0.4 is 0 Å². The Labute approximate surface area is 165 Å². The van der Waals surface area contributed by atoms with Gasteiger partial charge in [0.15, 0.2) is 6.10 Å². The summed E-state index contributed by atoms with van der Waals surface area (Å²) in [6.45, 7) is 4.26. The Bertz CT molecular complexity index is 487. The van der Waals surface area contributed by atoms with Gasteiger partial charge in [-0.2, -0.15) is 8.42 Å². The molecule has 7 heteroatoms. The highest BCUT2D eigenvalue weighted by Gasteiger charge is 2.25. The Morgan fingerprint density at radius 3 is 1.96 bits per heavy atom. The fourth-order valence-corrected chi connectivity index (χ4v) is 3.23. The summed E-state index contributed by atoms with van der Waals surface area (Å²) >= 11 is 0. The highest BCUT2D eigenvalue weighted by molar-refractivity contribution is 7.80. The highest BCUT2D eigenvalue weighted by Crippen LogP contribution is 2.13. The summed E-state index contributed by atoms with van der Waals surface area (Å²) < 4.78 is 40.0. The third kappa shape index (κ3) is 18.2. The van der Waals surface area contributed by atoms with Crippen LogP contribution in [0.4, 0.5) is 0 Å². The van der Waals surface area contributed by atoms with Crippen LogP contribution in [0.5, 0.6) is 0 Å². The molecular weight excluding hydrogens is 368 g/mol. The van der Waals surface area contributed by atoms with Gasteiger partial charge in [-0.25, -0.2) is 8.98 Å². The minimum atomic E-state index is -4.69. The van der Waals surface area contributed by atoms with E-state index in [1.165, 1.54) is 44.8 Å². The Balaban J connectivity index is 4.00. The van der Waals surface area contributed by atoms with Crippen molar-refractivity contribution < 1.29 is 26.7 Å². The molecule has 0 spiro atoms. The van der Waals surface area contributed by atoms with Gasteiger partial charge >= 0.3 is 16.4 Å². The summed E-state index contributed by atoms with van der Waals surface area (Å²) in [5.74, 6) is -0.795. The van der Waals surface area contributed by atoms with Gasteiger partial charge in [0.25, 0.3) is 0 Å². The van der Waals surface area contributed by atoms with Crippen molar-refractivity contribution in [3.05, 3.63) is 12.3 Å². The fraction of sp³-hybridized carbons (Fsp3) is 0.850. The number of hydrogen-bond acceptors (Lipinski definition) is 5. The molecule has 160 valence electrons. The van der Waals surface area contributed by atoms with E-state index >= 15 is 0 Å². The van der Waals surface area contributed by atoms with Crippen LogP contribution in [0.15, 0.2) is 12.3 Å². The second kappa shape index (κ2) is 17.2. The Morgan fingerprint density at radius 2 is 1.41 bits per heavy atom. The molecule has 0 saturated carbocycles. The van der Waals surface area contributed by atoms with Gasteiger partial charge in [-0.3, -0.25) is 4.55 Å². The molecule has 0 aliphatic carbocycles. The van der Waals surface area contributed by atoms with E-state index in [4.69, 9.17) is 9.29 Å². The van der Waals surface area contributed by atoms with Crippen LogP contribution in [0.2, 0.25) is 0 Å². The summed E-state index contributed by atoms with van der Waals surface area (Å²) in [6.07, 6.45) is 16.1. The Morgan fingerprint density at radius 1 is 0.889 bits per heavy atom. The van der Waals surface area contributed by atoms with Gasteiger partial charge in [0.1, 0.15) is 0 Å². The molecule has 0 aromatic carbocycles. The number of unbranched alkanes of at least 4 members (excludes halogenated alkanes) is 11. The molecule has 1 unspecified atom stereocenters. The number of hydrogen-bond donors (Lipinski definition) is 1. The maximum absolute atomic E-state index is 12.0. The minimum absolute atomic E-state index is 0.199. The molecular formula is C20H38O6S. The molecule has 0 bridgehead atoms. The van der Waals surface area contributed by atoms with E-state index in [-0.39, 0.29) is 6.42 Å². The van der Waals surface area contributed by atoms with Gasteiger partial charge in [-0.1, -0.05) is 84.5 Å². The van der Waals surface area contributed by atoms with Gasteiger partial charge in [-0.15, -0.1) is 0 Å². The topological polar surface area (TPSA) is 89.9 Å². The zero-order valence-corrected chi connectivity index (χ0v) is 17.8. The van der Waals surface area contributed by atoms with Gasteiger partial charge in [-0.05, 0) is 25.3 Å². The van der Waals surface area contributed by atoms with Gasteiger partial charge in [0, 0.05) is 0 Å². The highest BCUT2D eigenvalue weighted by atomic mass is 32.3. The fourth-order valence-electron chi connectivity index (χ4n) is 2.76. The van der Waals surface area contributed by atoms with Crippen LogP contribution in [-0.2, 0) is 24.1 Å². The third-order valence-electron chi connectivity index (χ3n) is 4.33. The largest absolute Gasteiger partial charge is 0.433 e. The maximum atomic E-state index is 12.0. The molecule has 0 saturated heterocycles. The van der Waals surface area contributed by atoms with Crippen LogP contribution in [0.25, 0.3) is 0 Å². The molecule has 0 amide bonds. The van der Waals surface area contributed by atoms with E-state index in [2.05, 4.69) is 18.0 Å². The standard InChI is InChI=1S/C20H38O6S/c1-3-5-7-9-10-11-12-13-14-16-18-25-20(21)19(26-27(22,23)24)17-15-8-6-4-2/h16,18-19H,3-15,17H2,1-2H3,(H,22,23,24). The van der Waals surface area contributed by atoms with Crippen LogP contribution in [0, 0.1) is 0 Å². The maximum Gasteiger partial charge on any atom is 0.398 e. The molecule has 1 N–H and O–H groups in total. The minimum Gasteiger partial charge on any atom is -0.433 e. The molecule has 0 aromatic heterocycles. The number of carbonyl (C=O) groups excluding carboxylic acids is 1. The molecule has 6 nitrogen and oxygen atoms in total. The van der Waals surface area contributed by atoms with Gasteiger partial charge in [0.2, 0.25) is 0 Å². The van der Waals surface area contributed by atoms with E-state index in [0.29, 0.717) is 6.42 Å². The van der Waals surface area contributed by atoms with Crippen molar-refractivity contribution in [2.24, 2.45) is 0 Å². The third-order valence-corrected chi connectivity index (χ3v) is 4.80. The van der Waals surface area contributed by atoms with Crippen molar-refractivity contribution in [1.29, 1.82) is 0 Å². The van der Waals surface area contributed by atoms with Crippen molar-refractivity contribution >= 4 is 16.4 Å².